The van der Waals surface area contributed by atoms with Gasteiger partial charge >= 0.3 is 0 Å². The second-order valence-electron chi connectivity index (χ2n) is 7.94. The molecule has 8 nitrogen and oxygen atoms in total. The lowest BCUT2D eigenvalue weighted by molar-refractivity contribution is 0.0769. The molecule has 0 saturated carbocycles. The summed E-state index contributed by atoms with van der Waals surface area (Å²) in [5.41, 5.74) is 2.71. The molecule has 1 unspecified atom stereocenters. The van der Waals surface area contributed by atoms with Crippen molar-refractivity contribution in [3.05, 3.63) is 71.6 Å². The third-order valence-corrected chi connectivity index (χ3v) is 5.98. The Balaban J connectivity index is 1.47. The van der Waals surface area contributed by atoms with Gasteiger partial charge in [0, 0.05) is 56.3 Å². The van der Waals surface area contributed by atoms with Crippen LogP contribution in [-0.4, -0.2) is 67.5 Å². The van der Waals surface area contributed by atoms with Crippen LogP contribution in [0.3, 0.4) is 0 Å². The summed E-state index contributed by atoms with van der Waals surface area (Å²) in [4.78, 5) is 38.5. The van der Waals surface area contributed by atoms with Crippen molar-refractivity contribution in [1.29, 1.82) is 0 Å². The minimum Gasteiger partial charge on any atom is -0.339 e. The highest BCUT2D eigenvalue weighted by atomic mass is 16.2. The van der Waals surface area contributed by atoms with Crippen molar-refractivity contribution in [2.24, 2.45) is 0 Å². The minimum atomic E-state index is -0.0423. The lowest BCUT2D eigenvalue weighted by Gasteiger charge is -2.20. The average Bonchev–Trinajstić information content (AvgIpc) is 3.52. The summed E-state index contributed by atoms with van der Waals surface area (Å²) >= 11 is 0. The third-order valence-electron chi connectivity index (χ3n) is 5.98. The molecule has 3 aromatic rings. The number of benzene rings is 1. The summed E-state index contributed by atoms with van der Waals surface area (Å²) < 4.78 is 1.74. The van der Waals surface area contributed by atoms with Gasteiger partial charge in [-0.05, 0) is 51.5 Å². The van der Waals surface area contributed by atoms with E-state index in [-0.39, 0.29) is 17.7 Å². The Labute approximate surface area is 187 Å². The maximum absolute atomic E-state index is 13.1. The molecule has 1 atom stereocenters. The molecule has 0 N–H and O–H groups in total. The van der Waals surface area contributed by atoms with Crippen molar-refractivity contribution in [2.45, 2.75) is 33.1 Å². The van der Waals surface area contributed by atoms with Crippen LogP contribution in [0.4, 0.5) is 0 Å². The van der Waals surface area contributed by atoms with Gasteiger partial charge in [-0.3, -0.25) is 9.59 Å². The van der Waals surface area contributed by atoms with E-state index in [1.54, 1.807) is 22.0 Å². The van der Waals surface area contributed by atoms with E-state index in [0.29, 0.717) is 48.8 Å². The van der Waals surface area contributed by atoms with Crippen LogP contribution in [0.1, 0.15) is 58.4 Å². The molecule has 1 fully saturated rings. The first-order valence-corrected chi connectivity index (χ1v) is 11.0. The van der Waals surface area contributed by atoms with Gasteiger partial charge in [-0.25, -0.2) is 14.6 Å². The molecule has 32 heavy (non-hydrogen) atoms. The average molecular weight is 433 g/mol. The number of hydrogen-bond donors (Lipinski definition) is 0. The summed E-state index contributed by atoms with van der Waals surface area (Å²) in [6.45, 7) is 8.28. The SMILES string of the molecule is CCN(CC)C(=O)c1cnc(C2CCN(C(=O)c3cccc(-n4cccn4)c3)C2)nc1C. The number of likely N-dealkylation sites (tertiary alicyclic amines) is 1. The first-order chi connectivity index (χ1) is 15.5. The predicted octanol–water partition coefficient (Wildman–Crippen LogP) is 3.08. The van der Waals surface area contributed by atoms with Gasteiger partial charge in [0.25, 0.3) is 11.8 Å². The van der Waals surface area contributed by atoms with Gasteiger partial charge in [-0.2, -0.15) is 5.10 Å². The summed E-state index contributed by atoms with van der Waals surface area (Å²) in [6.07, 6.45) is 6.00. The highest BCUT2D eigenvalue weighted by molar-refractivity contribution is 5.95. The standard InChI is InChI=1S/C24H28N6O2/c1-4-28(5-2)24(32)21-15-25-22(27-17(21)3)19-10-13-29(16-19)23(31)18-8-6-9-20(14-18)30-12-7-11-26-30/h6-9,11-12,14-15,19H,4-5,10,13,16H2,1-3H3. The summed E-state index contributed by atoms with van der Waals surface area (Å²) in [6, 6.07) is 9.33. The quantitative estimate of drug-likeness (QED) is 0.598. The number of carbonyl (C=O) groups excluding carboxylic acids is 2. The Hall–Kier alpha value is -3.55. The van der Waals surface area contributed by atoms with Crippen molar-refractivity contribution < 1.29 is 9.59 Å². The Morgan fingerprint density at radius 3 is 2.69 bits per heavy atom. The van der Waals surface area contributed by atoms with E-state index in [1.165, 1.54) is 0 Å². The molecule has 0 aliphatic carbocycles. The predicted molar refractivity (Wildman–Crippen MR) is 121 cm³/mol. The second kappa shape index (κ2) is 9.30. The Morgan fingerprint density at radius 1 is 1.19 bits per heavy atom. The van der Waals surface area contributed by atoms with Crippen molar-refractivity contribution >= 4 is 11.8 Å². The lowest BCUT2D eigenvalue weighted by Crippen LogP contribution is -2.31. The zero-order valence-electron chi connectivity index (χ0n) is 18.7. The molecule has 4 rings (SSSR count). The molecule has 1 aliphatic heterocycles. The monoisotopic (exact) mass is 432 g/mol. The summed E-state index contributed by atoms with van der Waals surface area (Å²) in [7, 11) is 0. The molecular weight excluding hydrogens is 404 g/mol. The normalized spacial score (nSPS) is 15.7. The fourth-order valence-corrected chi connectivity index (χ4v) is 4.11. The highest BCUT2D eigenvalue weighted by Crippen LogP contribution is 2.27. The Morgan fingerprint density at radius 2 is 2.00 bits per heavy atom. The third kappa shape index (κ3) is 4.26. The van der Waals surface area contributed by atoms with Crippen molar-refractivity contribution in [3.8, 4) is 5.69 Å². The van der Waals surface area contributed by atoms with Gasteiger partial charge in [-0.15, -0.1) is 0 Å². The molecule has 1 aromatic carbocycles. The largest absolute Gasteiger partial charge is 0.339 e. The van der Waals surface area contributed by atoms with E-state index in [0.717, 1.165) is 12.1 Å². The molecule has 0 bridgehead atoms. The molecule has 2 amide bonds. The lowest BCUT2D eigenvalue weighted by atomic mass is 10.1. The van der Waals surface area contributed by atoms with Crippen LogP contribution in [0.15, 0.2) is 48.9 Å². The minimum absolute atomic E-state index is 0.00782. The maximum atomic E-state index is 13.1. The zero-order valence-corrected chi connectivity index (χ0v) is 18.7. The van der Waals surface area contributed by atoms with Gasteiger partial charge in [0.05, 0.1) is 16.9 Å². The Bertz CT molecular complexity index is 1110. The van der Waals surface area contributed by atoms with Gasteiger partial charge < -0.3 is 9.80 Å². The molecule has 0 radical (unpaired) electrons. The zero-order chi connectivity index (χ0) is 22.7. The Kier molecular flexibility index (Phi) is 6.30. The van der Waals surface area contributed by atoms with Crippen LogP contribution < -0.4 is 0 Å². The van der Waals surface area contributed by atoms with E-state index in [1.807, 2.05) is 62.2 Å². The number of hydrogen-bond acceptors (Lipinski definition) is 5. The fraction of sp³-hybridized carbons (Fsp3) is 0.375. The molecule has 0 spiro atoms. The number of rotatable bonds is 6. The molecule has 166 valence electrons. The van der Waals surface area contributed by atoms with E-state index >= 15 is 0 Å². The number of amides is 2. The summed E-state index contributed by atoms with van der Waals surface area (Å²) in [5.74, 6) is 0.703. The number of nitrogens with zero attached hydrogens (tertiary/aromatic N) is 6. The van der Waals surface area contributed by atoms with E-state index < -0.39 is 0 Å². The number of aromatic nitrogens is 4. The fourth-order valence-electron chi connectivity index (χ4n) is 4.11. The van der Waals surface area contributed by atoms with Crippen molar-refractivity contribution in [3.63, 3.8) is 0 Å². The molecule has 1 saturated heterocycles. The first kappa shape index (κ1) is 21.7. The van der Waals surface area contributed by atoms with Gasteiger partial charge in [0.2, 0.25) is 0 Å². The summed E-state index contributed by atoms with van der Waals surface area (Å²) in [5, 5.41) is 4.23. The van der Waals surface area contributed by atoms with Crippen molar-refractivity contribution in [2.75, 3.05) is 26.2 Å². The van der Waals surface area contributed by atoms with E-state index in [2.05, 4.69) is 15.1 Å². The van der Waals surface area contributed by atoms with Crippen LogP contribution in [0.25, 0.3) is 5.69 Å². The molecule has 8 heteroatoms. The highest BCUT2D eigenvalue weighted by Gasteiger charge is 2.30. The molecule has 3 heterocycles. The van der Waals surface area contributed by atoms with E-state index in [4.69, 9.17) is 0 Å². The molecule has 2 aromatic heterocycles. The van der Waals surface area contributed by atoms with Gasteiger partial charge in [-0.1, -0.05) is 6.07 Å². The number of carbonyl (C=O) groups is 2. The van der Waals surface area contributed by atoms with E-state index in [9.17, 15) is 9.59 Å². The van der Waals surface area contributed by atoms with Crippen LogP contribution >= 0.6 is 0 Å². The second-order valence-corrected chi connectivity index (χ2v) is 7.94. The molecular formula is C24H28N6O2. The topological polar surface area (TPSA) is 84.2 Å². The van der Waals surface area contributed by atoms with Crippen LogP contribution in [0, 0.1) is 6.92 Å². The van der Waals surface area contributed by atoms with Gasteiger partial charge in [0.1, 0.15) is 5.82 Å². The van der Waals surface area contributed by atoms with Crippen LogP contribution in [-0.2, 0) is 0 Å². The molecule has 1 aliphatic rings. The van der Waals surface area contributed by atoms with Crippen molar-refractivity contribution in [1.82, 2.24) is 29.5 Å². The number of aryl methyl sites for hydroxylation is 1. The smallest absolute Gasteiger partial charge is 0.257 e. The van der Waals surface area contributed by atoms with Crippen LogP contribution in [0.2, 0.25) is 0 Å². The van der Waals surface area contributed by atoms with Gasteiger partial charge in [0.15, 0.2) is 0 Å². The maximum Gasteiger partial charge on any atom is 0.257 e. The van der Waals surface area contributed by atoms with Crippen LogP contribution in [0.5, 0.6) is 0 Å². The first-order valence-electron chi connectivity index (χ1n) is 11.0.